The molecule has 0 spiro atoms. The fourth-order valence-electron chi connectivity index (χ4n) is 2.89. The smallest absolute Gasteiger partial charge is 0.168 e. The summed E-state index contributed by atoms with van der Waals surface area (Å²) in [7, 11) is 0. The zero-order valence-electron chi connectivity index (χ0n) is 13.9. The number of nitrogens with zero attached hydrogens (tertiary/aromatic N) is 1. The molecule has 4 nitrogen and oxygen atoms in total. The first-order chi connectivity index (χ1) is 11.2. The van der Waals surface area contributed by atoms with Gasteiger partial charge in [0.1, 0.15) is 12.4 Å². The SMILES string of the molecule is CCCC/C(=N\OCC)C1=C(O)CC(c2ccccc2)CC1=O. The molecule has 1 aliphatic rings. The molecular weight excluding hydrogens is 290 g/mol. The number of hydrogen-bond donors (Lipinski definition) is 1. The number of aliphatic hydroxyl groups excluding tert-OH is 1. The van der Waals surface area contributed by atoms with Crippen molar-refractivity contribution < 1.29 is 14.7 Å². The van der Waals surface area contributed by atoms with Crippen LogP contribution in [0.2, 0.25) is 0 Å². The second kappa shape index (κ2) is 8.51. The van der Waals surface area contributed by atoms with Crippen LogP contribution in [0.3, 0.4) is 0 Å². The number of carbonyl (C=O) groups is 1. The maximum Gasteiger partial charge on any atom is 0.168 e. The standard InChI is InChI=1S/C19H25NO3/c1-3-5-11-16(20-23-4-2)19-17(21)12-15(13-18(19)22)14-9-7-6-8-10-14/h6-10,15,21H,3-5,11-13H2,1-2H3/b20-16+. The van der Waals surface area contributed by atoms with Crippen molar-refractivity contribution in [2.75, 3.05) is 6.61 Å². The number of allylic oxidation sites excluding steroid dienone is 2. The fourth-order valence-corrected chi connectivity index (χ4v) is 2.89. The molecule has 23 heavy (non-hydrogen) atoms. The normalized spacial score (nSPS) is 19.1. The highest BCUT2D eigenvalue weighted by molar-refractivity contribution is 6.23. The van der Waals surface area contributed by atoms with Gasteiger partial charge in [-0.05, 0) is 31.2 Å². The van der Waals surface area contributed by atoms with Gasteiger partial charge in [-0.15, -0.1) is 0 Å². The molecule has 1 aromatic rings. The lowest BCUT2D eigenvalue weighted by Gasteiger charge is -2.24. The van der Waals surface area contributed by atoms with E-state index in [1.807, 2.05) is 37.3 Å². The molecule has 0 saturated heterocycles. The van der Waals surface area contributed by atoms with Gasteiger partial charge in [-0.25, -0.2) is 0 Å². The first-order valence-electron chi connectivity index (χ1n) is 8.36. The Morgan fingerprint density at radius 2 is 2.00 bits per heavy atom. The summed E-state index contributed by atoms with van der Waals surface area (Å²) in [5.41, 5.74) is 2.05. The summed E-state index contributed by atoms with van der Waals surface area (Å²) in [5, 5.41) is 14.5. The van der Waals surface area contributed by atoms with E-state index >= 15 is 0 Å². The molecule has 124 valence electrons. The van der Waals surface area contributed by atoms with E-state index in [9.17, 15) is 9.90 Å². The molecule has 0 saturated carbocycles. The zero-order chi connectivity index (χ0) is 16.7. The van der Waals surface area contributed by atoms with E-state index < -0.39 is 0 Å². The summed E-state index contributed by atoms with van der Waals surface area (Å²) in [4.78, 5) is 17.7. The largest absolute Gasteiger partial charge is 0.511 e. The van der Waals surface area contributed by atoms with E-state index in [4.69, 9.17) is 4.84 Å². The van der Waals surface area contributed by atoms with Crippen LogP contribution in [-0.4, -0.2) is 23.2 Å². The minimum atomic E-state index is -0.0443. The lowest BCUT2D eigenvalue weighted by Crippen LogP contribution is -2.24. The van der Waals surface area contributed by atoms with E-state index in [2.05, 4.69) is 12.1 Å². The third-order valence-corrected chi connectivity index (χ3v) is 4.07. The maximum absolute atomic E-state index is 12.6. The summed E-state index contributed by atoms with van der Waals surface area (Å²) in [6.45, 7) is 4.38. The van der Waals surface area contributed by atoms with Gasteiger partial charge in [0.15, 0.2) is 5.78 Å². The van der Waals surface area contributed by atoms with Gasteiger partial charge in [-0.1, -0.05) is 48.8 Å². The van der Waals surface area contributed by atoms with Crippen LogP contribution in [0.1, 0.15) is 57.4 Å². The molecule has 1 N–H and O–H groups in total. The average molecular weight is 315 g/mol. The summed E-state index contributed by atoms with van der Waals surface area (Å²) in [6, 6.07) is 9.87. The van der Waals surface area contributed by atoms with Crippen molar-refractivity contribution >= 4 is 11.5 Å². The van der Waals surface area contributed by atoms with Crippen LogP contribution in [0, 0.1) is 0 Å². The first kappa shape index (κ1) is 17.3. The monoisotopic (exact) mass is 315 g/mol. The van der Waals surface area contributed by atoms with Crippen molar-refractivity contribution in [1.82, 2.24) is 0 Å². The van der Waals surface area contributed by atoms with Crippen molar-refractivity contribution in [3.05, 3.63) is 47.2 Å². The first-order valence-corrected chi connectivity index (χ1v) is 8.36. The Morgan fingerprint density at radius 1 is 1.26 bits per heavy atom. The summed E-state index contributed by atoms with van der Waals surface area (Å²) in [5.74, 6) is 0.133. The number of benzene rings is 1. The third kappa shape index (κ3) is 4.44. The fraction of sp³-hybridized carbons (Fsp3) is 0.474. The molecule has 1 unspecified atom stereocenters. The van der Waals surface area contributed by atoms with Crippen LogP contribution in [-0.2, 0) is 9.63 Å². The van der Waals surface area contributed by atoms with E-state index in [1.54, 1.807) is 0 Å². The summed E-state index contributed by atoms with van der Waals surface area (Å²) in [6.07, 6.45) is 3.44. The predicted octanol–water partition coefficient (Wildman–Crippen LogP) is 4.53. The molecule has 0 radical (unpaired) electrons. The minimum absolute atomic E-state index is 0.0342. The molecule has 2 rings (SSSR count). The molecule has 1 aromatic carbocycles. The molecule has 0 heterocycles. The van der Waals surface area contributed by atoms with Crippen LogP contribution in [0.4, 0.5) is 0 Å². The van der Waals surface area contributed by atoms with Crippen molar-refractivity contribution in [2.45, 2.75) is 51.9 Å². The Hall–Kier alpha value is -2.10. The third-order valence-electron chi connectivity index (χ3n) is 4.07. The van der Waals surface area contributed by atoms with E-state index in [-0.39, 0.29) is 17.5 Å². The molecule has 1 aliphatic carbocycles. The molecule has 0 aromatic heterocycles. The number of unbranched alkanes of at least 4 members (excludes halogenated alkanes) is 1. The van der Waals surface area contributed by atoms with Gasteiger partial charge in [-0.2, -0.15) is 0 Å². The van der Waals surface area contributed by atoms with Crippen LogP contribution >= 0.6 is 0 Å². The zero-order valence-corrected chi connectivity index (χ0v) is 13.9. The average Bonchev–Trinajstić information content (AvgIpc) is 2.56. The minimum Gasteiger partial charge on any atom is -0.511 e. The molecule has 1 atom stereocenters. The van der Waals surface area contributed by atoms with Crippen LogP contribution < -0.4 is 0 Å². The highest BCUT2D eigenvalue weighted by atomic mass is 16.6. The number of ketones is 1. The molecule has 0 fully saturated rings. The quantitative estimate of drug-likeness (QED) is 0.594. The number of hydrogen-bond acceptors (Lipinski definition) is 4. The summed E-state index contributed by atoms with van der Waals surface area (Å²) < 4.78 is 0. The van der Waals surface area contributed by atoms with Gasteiger partial charge in [0.2, 0.25) is 0 Å². The highest BCUT2D eigenvalue weighted by Gasteiger charge is 2.31. The van der Waals surface area contributed by atoms with E-state index in [0.29, 0.717) is 37.2 Å². The van der Waals surface area contributed by atoms with Crippen molar-refractivity contribution in [2.24, 2.45) is 5.16 Å². The number of oxime groups is 1. The number of Topliss-reactive ketones (excluding diaryl/α,β-unsaturated/α-hetero) is 1. The predicted molar refractivity (Wildman–Crippen MR) is 91.7 cm³/mol. The van der Waals surface area contributed by atoms with E-state index in [1.165, 1.54) is 0 Å². The highest BCUT2D eigenvalue weighted by Crippen LogP contribution is 2.34. The van der Waals surface area contributed by atoms with Gasteiger partial charge >= 0.3 is 0 Å². The van der Waals surface area contributed by atoms with E-state index in [0.717, 1.165) is 18.4 Å². The number of carbonyl (C=O) groups excluding carboxylic acids is 1. The van der Waals surface area contributed by atoms with Gasteiger partial charge < -0.3 is 9.94 Å². The second-order valence-electron chi connectivity index (χ2n) is 5.82. The number of rotatable bonds is 7. The van der Waals surface area contributed by atoms with Crippen molar-refractivity contribution in [1.29, 1.82) is 0 Å². The number of aliphatic hydroxyl groups is 1. The molecule has 4 heteroatoms. The van der Waals surface area contributed by atoms with Gasteiger partial charge in [0.25, 0.3) is 0 Å². The van der Waals surface area contributed by atoms with Gasteiger partial charge in [0, 0.05) is 12.8 Å². The molecular formula is C19H25NO3. The lowest BCUT2D eigenvalue weighted by atomic mass is 9.81. The molecule has 0 amide bonds. The Labute approximate surface area is 137 Å². The Morgan fingerprint density at radius 3 is 2.61 bits per heavy atom. The Kier molecular flexibility index (Phi) is 6.39. The maximum atomic E-state index is 12.6. The Balaban J connectivity index is 2.25. The van der Waals surface area contributed by atoms with Gasteiger partial charge in [-0.3, -0.25) is 4.79 Å². The topological polar surface area (TPSA) is 58.9 Å². The molecule has 0 bridgehead atoms. The van der Waals surface area contributed by atoms with Crippen LogP contribution in [0.5, 0.6) is 0 Å². The van der Waals surface area contributed by atoms with Crippen molar-refractivity contribution in [3.8, 4) is 0 Å². The van der Waals surface area contributed by atoms with Gasteiger partial charge in [0.05, 0.1) is 11.3 Å². The Bertz CT molecular complexity index is 590. The second-order valence-corrected chi connectivity index (χ2v) is 5.82. The lowest BCUT2D eigenvalue weighted by molar-refractivity contribution is -0.116. The van der Waals surface area contributed by atoms with Crippen LogP contribution in [0.25, 0.3) is 0 Å². The van der Waals surface area contributed by atoms with Crippen LogP contribution in [0.15, 0.2) is 46.8 Å². The van der Waals surface area contributed by atoms with Crippen molar-refractivity contribution in [3.63, 3.8) is 0 Å². The summed E-state index contributed by atoms with van der Waals surface area (Å²) >= 11 is 0. The molecule has 0 aliphatic heterocycles.